The normalized spacial score (nSPS) is 19.8. The maximum atomic E-state index is 12.4. The lowest BCUT2D eigenvalue weighted by Gasteiger charge is -2.35. The highest BCUT2D eigenvalue weighted by molar-refractivity contribution is 5.83. The minimum atomic E-state index is -1.01. The van der Waals surface area contributed by atoms with E-state index in [1.807, 2.05) is 27.7 Å². The number of aliphatic carboxylic acids is 1. The van der Waals surface area contributed by atoms with E-state index in [0.717, 1.165) is 11.4 Å². The first-order valence-electron chi connectivity index (χ1n) is 7.01. The number of hydrogen-bond acceptors (Lipinski definition) is 3. The van der Waals surface area contributed by atoms with Gasteiger partial charge in [0.25, 0.3) is 0 Å². The zero-order valence-electron chi connectivity index (χ0n) is 12.8. The molecule has 7 nitrogen and oxygen atoms in total. The summed E-state index contributed by atoms with van der Waals surface area (Å²) < 4.78 is 0. The van der Waals surface area contributed by atoms with Crippen LogP contribution in [-0.4, -0.2) is 44.1 Å². The fraction of sp³-hybridized carbons (Fsp3) is 0.643. The Morgan fingerprint density at radius 2 is 2.19 bits per heavy atom. The number of nitrogens with zero attached hydrogens (tertiary/aromatic N) is 2. The Kier molecular flexibility index (Phi) is 3.93. The van der Waals surface area contributed by atoms with E-state index in [1.54, 1.807) is 0 Å². The van der Waals surface area contributed by atoms with E-state index < -0.39 is 12.0 Å². The Morgan fingerprint density at radius 3 is 2.76 bits per heavy atom. The second kappa shape index (κ2) is 5.38. The van der Waals surface area contributed by atoms with E-state index >= 15 is 0 Å². The smallest absolute Gasteiger partial charge is 0.326 e. The molecule has 1 aliphatic rings. The molecule has 0 aliphatic carbocycles. The number of imidazole rings is 1. The van der Waals surface area contributed by atoms with Crippen molar-refractivity contribution in [2.75, 3.05) is 0 Å². The van der Waals surface area contributed by atoms with Gasteiger partial charge in [-0.15, -0.1) is 0 Å². The molecule has 2 atom stereocenters. The molecule has 0 fully saturated rings. The summed E-state index contributed by atoms with van der Waals surface area (Å²) in [5.74, 6) is -1.01. The van der Waals surface area contributed by atoms with Crippen LogP contribution in [0.3, 0.4) is 0 Å². The standard InChI is InChI=1S/C14H22N4O3/c1-8(14(2,3)4)17-13(21)18-6-10-9(15-7-16-10)5-11(18)12(19)20/h7-8,11H,5-6H2,1-4H3,(H,15,16)(H,17,21)(H,19,20). The van der Waals surface area contributed by atoms with E-state index in [2.05, 4.69) is 15.3 Å². The van der Waals surface area contributed by atoms with Gasteiger partial charge >= 0.3 is 12.0 Å². The molecule has 0 radical (unpaired) electrons. The Balaban J connectivity index is 2.17. The number of nitrogens with one attached hydrogen (secondary N) is 2. The van der Waals surface area contributed by atoms with Gasteiger partial charge in [0.15, 0.2) is 0 Å². The van der Waals surface area contributed by atoms with E-state index in [-0.39, 0.29) is 30.5 Å². The van der Waals surface area contributed by atoms with Crippen molar-refractivity contribution in [3.05, 3.63) is 17.7 Å². The quantitative estimate of drug-likeness (QED) is 0.767. The van der Waals surface area contributed by atoms with Crippen LogP contribution >= 0.6 is 0 Å². The van der Waals surface area contributed by atoms with Gasteiger partial charge in [-0.05, 0) is 12.3 Å². The molecular weight excluding hydrogens is 272 g/mol. The molecule has 21 heavy (non-hydrogen) atoms. The predicted molar refractivity (Wildman–Crippen MR) is 76.7 cm³/mol. The number of aromatic nitrogens is 2. The molecule has 1 aliphatic heterocycles. The number of hydrogen-bond donors (Lipinski definition) is 3. The molecule has 0 saturated heterocycles. The third-order valence-corrected chi connectivity index (χ3v) is 4.08. The molecule has 0 spiro atoms. The van der Waals surface area contributed by atoms with E-state index in [9.17, 15) is 14.7 Å². The molecule has 1 aromatic heterocycles. The molecule has 2 amide bonds. The number of fused-ring (bicyclic) bond motifs is 1. The summed E-state index contributed by atoms with van der Waals surface area (Å²) in [4.78, 5) is 32.3. The lowest BCUT2D eigenvalue weighted by atomic mass is 9.88. The topological polar surface area (TPSA) is 98.3 Å². The maximum Gasteiger partial charge on any atom is 0.326 e. The Labute approximate surface area is 123 Å². The molecule has 116 valence electrons. The van der Waals surface area contributed by atoms with Crippen LogP contribution < -0.4 is 5.32 Å². The highest BCUT2D eigenvalue weighted by Gasteiger charge is 2.37. The molecule has 3 N–H and O–H groups in total. The summed E-state index contributed by atoms with van der Waals surface area (Å²) in [6.07, 6.45) is 1.76. The molecule has 7 heteroatoms. The van der Waals surface area contributed by atoms with Crippen molar-refractivity contribution in [1.29, 1.82) is 0 Å². The molecular formula is C14H22N4O3. The van der Waals surface area contributed by atoms with E-state index in [4.69, 9.17) is 0 Å². The van der Waals surface area contributed by atoms with Gasteiger partial charge in [-0.2, -0.15) is 0 Å². The lowest BCUT2D eigenvalue weighted by molar-refractivity contribution is -0.142. The third kappa shape index (κ3) is 3.17. The zero-order chi connectivity index (χ0) is 15.8. The summed E-state index contributed by atoms with van der Waals surface area (Å²) in [6, 6.07) is -1.30. The van der Waals surface area contributed by atoms with Crippen molar-refractivity contribution in [3.8, 4) is 0 Å². The molecule has 0 bridgehead atoms. The van der Waals surface area contributed by atoms with Crippen LogP contribution in [0, 0.1) is 5.41 Å². The van der Waals surface area contributed by atoms with Gasteiger partial charge in [0.2, 0.25) is 0 Å². The summed E-state index contributed by atoms with van der Waals surface area (Å²) in [5.41, 5.74) is 1.42. The molecule has 0 saturated carbocycles. The average molecular weight is 294 g/mol. The Bertz CT molecular complexity index is 547. The van der Waals surface area contributed by atoms with Gasteiger partial charge in [0.1, 0.15) is 6.04 Å². The van der Waals surface area contributed by atoms with Crippen molar-refractivity contribution in [2.45, 2.75) is 52.7 Å². The number of carboxylic acids is 1. The Hall–Kier alpha value is -2.05. The second-order valence-corrected chi connectivity index (χ2v) is 6.55. The minimum absolute atomic E-state index is 0.0670. The van der Waals surface area contributed by atoms with Crippen molar-refractivity contribution in [1.82, 2.24) is 20.2 Å². The highest BCUT2D eigenvalue weighted by Crippen LogP contribution is 2.23. The SMILES string of the molecule is CC(NC(=O)N1Cc2[nH]cnc2CC1C(=O)O)C(C)(C)C. The van der Waals surface area contributed by atoms with Crippen molar-refractivity contribution >= 4 is 12.0 Å². The lowest BCUT2D eigenvalue weighted by Crippen LogP contribution is -2.55. The van der Waals surface area contributed by atoms with Crippen LogP contribution in [0.2, 0.25) is 0 Å². The first-order chi connectivity index (χ1) is 9.70. The molecule has 1 aromatic rings. The van der Waals surface area contributed by atoms with Crippen LogP contribution in [0.1, 0.15) is 39.1 Å². The largest absolute Gasteiger partial charge is 0.480 e. The van der Waals surface area contributed by atoms with Crippen LogP contribution in [0.4, 0.5) is 4.79 Å². The number of carboxylic acid groups (broad SMARTS) is 1. The number of aromatic amines is 1. The van der Waals surface area contributed by atoms with Gasteiger partial charge in [-0.3, -0.25) is 0 Å². The average Bonchev–Trinajstić information content (AvgIpc) is 2.82. The number of H-pyrrole nitrogens is 1. The summed E-state index contributed by atoms with van der Waals surface area (Å²) in [7, 11) is 0. The van der Waals surface area contributed by atoms with Crippen LogP contribution in [-0.2, 0) is 17.8 Å². The molecule has 2 unspecified atom stereocenters. The molecule has 2 heterocycles. The zero-order valence-corrected chi connectivity index (χ0v) is 12.8. The van der Waals surface area contributed by atoms with Crippen molar-refractivity contribution < 1.29 is 14.7 Å². The highest BCUT2D eigenvalue weighted by atomic mass is 16.4. The summed E-state index contributed by atoms with van der Waals surface area (Å²) >= 11 is 0. The van der Waals surface area contributed by atoms with Gasteiger partial charge in [0.05, 0.1) is 24.3 Å². The number of carbonyl (C=O) groups is 2. The predicted octanol–water partition coefficient (Wildman–Crippen LogP) is 1.37. The van der Waals surface area contributed by atoms with Crippen LogP contribution in [0.15, 0.2) is 6.33 Å². The first kappa shape index (κ1) is 15.3. The summed E-state index contributed by atoms with van der Waals surface area (Å²) in [6.45, 7) is 8.22. The van der Waals surface area contributed by atoms with Crippen LogP contribution in [0.5, 0.6) is 0 Å². The van der Waals surface area contributed by atoms with Crippen LogP contribution in [0.25, 0.3) is 0 Å². The number of amides is 2. The number of rotatable bonds is 2. The summed E-state index contributed by atoms with van der Waals surface area (Å²) in [5, 5.41) is 12.2. The second-order valence-electron chi connectivity index (χ2n) is 6.55. The van der Waals surface area contributed by atoms with E-state index in [1.165, 1.54) is 11.2 Å². The van der Waals surface area contributed by atoms with Gasteiger partial charge < -0.3 is 20.3 Å². The third-order valence-electron chi connectivity index (χ3n) is 4.08. The molecule has 0 aromatic carbocycles. The monoisotopic (exact) mass is 294 g/mol. The number of urea groups is 1. The maximum absolute atomic E-state index is 12.4. The van der Waals surface area contributed by atoms with Gasteiger partial charge in [-0.1, -0.05) is 20.8 Å². The van der Waals surface area contributed by atoms with E-state index in [0.29, 0.717) is 0 Å². The first-order valence-corrected chi connectivity index (χ1v) is 7.01. The van der Waals surface area contributed by atoms with Crippen molar-refractivity contribution in [2.24, 2.45) is 5.41 Å². The minimum Gasteiger partial charge on any atom is -0.480 e. The van der Waals surface area contributed by atoms with Gasteiger partial charge in [-0.25, -0.2) is 14.6 Å². The Morgan fingerprint density at radius 1 is 1.52 bits per heavy atom. The fourth-order valence-electron chi connectivity index (χ4n) is 2.15. The van der Waals surface area contributed by atoms with Crippen molar-refractivity contribution in [3.63, 3.8) is 0 Å². The molecule has 2 rings (SSSR count). The fourth-order valence-corrected chi connectivity index (χ4v) is 2.15. The van der Waals surface area contributed by atoms with Gasteiger partial charge in [0, 0.05) is 12.5 Å². The number of carbonyl (C=O) groups excluding carboxylic acids is 1.